The molecule has 1 atom stereocenters. The molecule has 12 heavy (non-hydrogen) atoms. The second-order valence-corrected chi connectivity index (χ2v) is 2.92. The lowest BCUT2D eigenvalue weighted by Crippen LogP contribution is -2.36. The van der Waals surface area contributed by atoms with Crippen molar-refractivity contribution in [3.05, 3.63) is 0 Å². The summed E-state index contributed by atoms with van der Waals surface area (Å²) in [7, 11) is 0. The maximum atomic E-state index is 11.0. The van der Waals surface area contributed by atoms with E-state index in [1.807, 2.05) is 0 Å². The Balaban J connectivity index is 2.52. The van der Waals surface area contributed by atoms with Crippen molar-refractivity contribution in [2.75, 3.05) is 6.54 Å². The van der Waals surface area contributed by atoms with Crippen LogP contribution in [0.25, 0.3) is 0 Å². The van der Waals surface area contributed by atoms with Crippen molar-refractivity contribution in [3.8, 4) is 0 Å². The first-order valence-corrected chi connectivity index (χ1v) is 4.05. The number of amides is 1. The normalized spacial score (nSPS) is 22.5. The topological polar surface area (TPSA) is 46.6 Å². The van der Waals surface area contributed by atoms with Crippen LogP contribution >= 0.6 is 0 Å². The summed E-state index contributed by atoms with van der Waals surface area (Å²) < 4.78 is 4.95. The number of carbonyl (C=O) groups is 2. The van der Waals surface area contributed by atoms with Gasteiger partial charge in [0.25, 0.3) is 0 Å². The van der Waals surface area contributed by atoms with Gasteiger partial charge in [-0.3, -0.25) is 9.59 Å². The summed E-state index contributed by atoms with van der Waals surface area (Å²) in [6.45, 7) is 3.55. The summed E-state index contributed by atoms with van der Waals surface area (Å²) in [4.78, 5) is 23.2. The van der Waals surface area contributed by atoms with E-state index in [9.17, 15) is 9.59 Å². The Morgan fingerprint density at radius 2 is 2.08 bits per heavy atom. The molecule has 1 aliphatic rings. The fourth-order valence-corrected chi connectivity index (χ4v) is 1.41. The molecule has 1 heterocycles. The first-order valence-electron chi connectivity index (χ1n) is 4.05. The molecule has 4 nitrogen and oxygen atoms in total. The average Bonchev–Trinajstić information content (AvgIpc) is 2.33. The number of esters is 1. The van der Waals surface area contributed by atoms with Crippen LogP contribution in [0.15, 0.2) is 0 Å². The molecule has 0 aromatic rings. The summed E-state index contributed by atoms with van der Waals surface area (Å²) in [5.74, 6) is -0.355. The summed E-state index contributed by atoms with van der Waals surface area (Å²) in [6, 6.07) is 0. The van der Waals surface area contributed by atoms with Crippen LogP contribution in [0.2, 0.25) is 0 Å². The van der Waals surface area contributed by atoms with E-state index >= 15 is 0 Å². The number of rotatable bonds is 1. The molecular formula is C8H13NO3. The molecule has 0 bridgehead atoms. The zero-order chi connectivity index (χ0) is 9.14. The van der Waals surface area contributed by atoms with Crippen molar-refractivity contribution < 1.29 is 14.3 Å². The number of likely N-dealkylation sites (tertiary alicyclic amines) is 1. The Morgan fingerprint density at radius 3 is 2.58 bits per heavy atom. The summed E-state index contributed by atoms with van der Waals surface area (Å²) in [5.41, 5.74) is 0. The molecule has 68 valence electrons. The summed E-state index contributed by atoms with van der Waals surface area (Å²) in [6.07, 6.45) is 1.36. The molecule has 0 radical (unpaired) electrons. The summed E-state index contributed by atoms with van der Waals surface area (Å²) in [5, 5.41) is 0. The van der Waals surface area contributed by atoms with Gasteiger partial charge in [0.05, 0.1) is 0 Å². The van der Waals surface area contributed by atoms with Crippen molar-refractivity contribution >= 4 is 11.9 Å². The van der Waals surface area contributed by atoms with Crippen molar-refractivity contribution in [2.45, 2.75) is 32.9 Å². The average molecular weight is 171 g/mol. The predicted octanol–water partition coefficient (Wildman–Crippen LogP) is 0.518. The van der Waals surface area contributed by atoms with E-state index in [1.54, 1.807) is 4.90 Å². The minimum atomic E-state index is -0.326. The third-order valence-electron chi connectivity index (χ3n) is 1.90. The molecule has 1 amide bonds. The van der Waals surface area contributed by atoms with E-state index in [0.717, 1.165) is 12.8 Å². The smallest absolute Gasteiger partial charge is 0.304 e. The highest BCUT2D eigenvalue weighted by Crippen LogP contribution is 2.17. The molecule has 1 rings (SSSR count). The monoisotopic (exact) mass is 171 g/mol. The quantitative estimate of drug-likeness (QED) is 0.540. The standard InChI is InChI=1S/C8H13NO3/c1-6(10)9-5-3-4-8(9)12-7(2)11/h8H,3-5H2,1-2H3/t8-/m0/s1. The van der Waals surface area contributed by atoms with Gasteiger partial charge in [0.1, 0.15) is 0 Å². The van der Waals surface area contributed by atoms with E-state index in [-0.39, 0.29) is 18.1 Å². The van der Waals surface area contributed by atoms with Gasteiger partial charge in [-0.2, -0.15) is 0 Å². The van der Waals surface area contributed by atoms with Crippen molar-refractivity contribution in [3.63, 3.8) is 0 Å². The van der Waals surface area contributed by atoms with Crippen LogP contribution in [-0.4, -0.2) is 29.5 Å². The zero-order valence-corrected chi connectivity index (χ0v) is 7.37. The van der Waals surface area contributed by atoms with E-state index in [2.05, 4.69) is 0 Å². The summed E-state index contributed by atoms with van der Waals surface area (Å²) >= 11 is 0. The minimum Gasteiger partial charge on any atom is -0.442 e. The maximum absolute atomic E-state index is 11.0. The Bertz CT molecular complexity index is 202. The second-order valence-electron chi connectivity index (χ2n) is 2.92. The van der Waals surface area contributed by atoms with E-state index in [4.69, 9.17) is 4.74 Å². The van der Waals surface area contributed by atoms with Crippen molar-refractivity contribution in [1.29, 1.82) is 0 Å². The SMILES string of the molecule is CC(=O)O[C@H]1CCCN1C(C)=O. The second kappa shape index (κ2) is 3.56. The van der Waals surface area contributed by atoms with Gasteiger partial charge in [0.15, 0.2) is 6.23 Å². The van der Waals surface area contributed by atoms with Gasteiger partial charge in [-0.15, -0.1) is 0 Å². The molecule has 0 aliphatic carbocycles. The van der Waals surface area contributed by atoms with Gasteiger partial charge in [0.2, 0.25) is 5.91 Å². The van der Waals surface area contributed by atoms with Gasteiger partial charge in [0, 0.05) is 26.8 Å². The Labute approximate surface area is 71.5 Å². The van der Waals surface area contributed by atoms with Gasteiger partial charge in [-0.25, -0.2) is 0 Å². The van der Waals surface area contributed by atoms with E-state index in [0.29, 0.717) is 6.54 Å². The lowest BCUT2D eigenvalue weighted by atomic mass is 10.4. The Hall–Kier alpha value is -1.06. The zero-order valence-electron chi connectivity index (χ0n) is 7.37. The predicted molar refractivity (Wildman–Crippen MR) is 42.2 cm³/mol. The van der Waals surface area contributed by atoms with Crippen LogP contribution in [0.1, 0.15) is 26.7 Å². The molecule has 1 fully saturated rings. The van der Waals surface area contributed by atoms with Crippen molar-refractivity contribution in [2.24, 2.45) is 0 Å². The molecule has 0 aromatic heterocycles. The maximum Gasteiger partial charge on any atom is 0.304 e. The molecule has 0 aromatic carbocycles. The molecule has 0 unspecified atom stereocenters. The van der Waals surface area contributed by atoms with Gasteiger partial charge < -0.3 is 9.64 Å². The first kappa shape index (κ1) is 9.03. The largest absolute Gasteiger partial charge is 0.442 e. The van der Waals surface area contributed by atoms with Gasteiger partial charge in [-0.05, 0) is 6.42 Å². The molecule has 0 saturated carbocycles. The molecule has 1 saturated heterocycles. The third-order valence-corrected chi connectivity index (χ3v) is 1.90. The Morgan fingerprint density at radius 1 is 1.42 bits per heavy atom. The van der Waals surface area contributed by atoms with Crippen LogP contribution in [-0.2, 0) is 14.3 Å². The number of hydrogen-bond donors (Lipinski definition) is 0. The molecular weight excluding hydrogens is 158 g/mol. The molecule has 0 N–H and O–H groups in total. The highest BCUT2D eigenvalue weighted by atomic mass is 16.6. The lowest BCUT2D eigenvalue weighted by Gasteiger charge is -2.22. The van der Waals surface area contributed by atoms with Crippen LogP contribution in [0.3, 0.4) is 0 Å². The van der Waals surface area contributed by atoms with Crippen LogP contribution < -0.4 is 0 Å². The highest BCUT2D eigenvalue weighted by molar-refractivity contribution is 5.74. The molecule has 1 aliphatic heterocycles. The van der Waals surface area contributed by atoms with Gasteiger partial charge in [-0.1, -0.05) is 0 Å². The lowest BCUT2D eigenvalue weighted by molar-refractivity contribution is -0.158. The van der Waals surface area contributed by atoms with Crippen LogP contribution in [0.5, 0.6) is 0 Å². The first-order chi connectivity index (χ1) is 5.61. The fraction of sp³-hybridized carbons (Fsp3) is 0.750. The van der Waals surface area contributed by atoms with Crippen LogP contribution in [0, 0.1) is 0 Å². The number of hydrogen-bond acceptors (Lipinski definition) is 3. The third kappa shape index (κ3) is 1.96. The number of carbonyl (C=O) groups excluding carboxylic acids is 2. The van der Waals surface area contributed by atoms with Gasteiger partial charge >= 0.3 is 5.97 Å². The number of nitrogens with zero attached hydrogens (tertiary/aromatic N) is 1. The van der Waals surface area contributed by atoms with Crippen molar-refractivity contribution in [1.82, 2.24) is 4.90 Å². The van der Waals surface area contributed by atoms with Crippen LogP contribution in [0.4, 0.5) is 0 Å². The molecule has 4 heteroatoms. The minimum absolute atomic E-state index is 0.0289. The number of ether oxygens (including phenoxy) is 1. The Kier molecular flexibility index (Phi) is 2.68. The highest BCUT2D eigenvalue weighted by Gasteiger charge is 2.28. The molecule has 0 spiro atoms. The van der Waals surface area contributed by atoms with E-state index < -0.39 is 0 Å². The van der Waals surface area contributed by atoms with E-state index in [1.165, 1.54) is 13.8 Å². The fourth-order valence-electron chi connectivity index (χ4n) is 1.41.